The third kappa shape index (κ3) is 2.48. The SMILES string of the molecule is CC(C)(C#N)C(=O)Nc1ccc(O)cc1F. The molecular formula is C11H11FN2O2. The molecule has 0 radical (unpaired) electrons. The lowest BCUT2D eigenvalue weighted by atomic mass is 9.94. The molecule has 84 valence electrons. The molecule has 0 aliphatic heterocycles. The maximum Gasteiger partial charge on any atom is 0.244 e. The van der Waals surface area contributed by atoms with Gasteiger partial charge in [0.2, 0.25) is 5.91 Å². The summed E-state index contributed by atoms with van der Waals surface area (Å²) >= 11 is 0. The number of benzene rings is 1. The van der Waals surface area contributed by atoms with E-state index in [-0.39, 0.29) is 11.4 Å². The molecule has 0 saturated heterocycles. The van der Waals surface area contributed by atoms with Gasteiger partial charge >= 0.3 is 0 Å². The molecule has 0 saturated carbocycles. The summed E-state index contributed by atoms with van der Waals surface area (Å²) < 4.78 is 13.2. The van der Waals surface area contributed by atoms with Crippen molar-refractivity contribution in [2.24, 2.45) is 5.41 Å². The molecule has 0 spiro atoms. The Kier molecular flexibility index (Phi) is 3.14. The van der Waals surface area contributed by atoms with Gasteiger partial charge in [0.25, 0.3) is 0 Å². The van der Waals surface area contributed by atoms with Crippen LogP contribution in [0.2, 0.25) is 0 Å². The lowest BCUT2D eigenvalue weighted by Gasteiger charge is -2.15. The van der Waals surface area contributed by atoms with Crippen molar-refractivity contribution in [3.05, 3.63) is 24.0 Å². The Bertz CT molecular complexity index is 464. The zero-order chi connectivity index (χ0) is 12.3. The summed E-state index contributed by atoms with van der Waals surface area (Å²) in [5.74, 6) is -1.57. The monoisotopic (exact) mass is 222 g/mol. The number of phenols is 1. The van der Waals surface area contributed by atoms with E-state index < -0.39 is 17.1 Å². The number of hydrogen-bond donors (Lipinski definition) is 2. The van der Waals surface area contributed by atoms with Crippen molar-refractivity contribution in [1.29, 1.82) is 5.26 Å². The van der Waals surface area contributed by atoms with E-state index in [1.165, 1.54) is 26.0 Å². The van der Waals surface area contributed by atoms with E-state index in [0.29, 0.717) is 0 Å². The fourth-order valence-corrected chi connectivity index (χ4v) is 0.935. The van der Waals surface area contributed by atoms with E-state index in [0.717, 1.165) is 6.07 Å². The predicted molar refractivity (Wildman–Crippen MR) is 56.1 cm³/mol. The summed E-state index contributed by atoms with van der Waals surface area (Å²) in [5.41, 5.74) is -1.30. The Balaban J connectivity index is 2.91. The number of nitriles is 1. The number of phenolic OH excluding ortho intramolecular Hbond substituents is 1. The van der Waals surface area contributed by atoms with Crippen molar-refractivity contribution >= 4 is 11.6 Å². The minimum atomic E-state index is -1.23. The molecule has 1 aromatic rings. The summed E-state index contributed by atoms with van der Waals surface area (Å²) in [4.78, 5) is 11.5. The Labute approximate surface area is 92.3 Å². The first-order valence-electron chi connectivity index (χ1n) is 4.58. The molecule has 0 unspecified atom stereocenters. The summed E-state index contributed by atoms with van der Waals surface area (Å²) in [6.45, 7) is 2.86. The average molecular weight is 222 g/mol. The van der Waals surface area contributed by atoms with Crippen molar-refractivity contribution in [3.8, 4) is 11.8 Å². The van der Waals surface area contributed by atoms with Gasteiger partial charge in [0.05, 0.1) is 11.8 Å². The third-order valence-corrected chi connectivity index (χ3v) is 2.05. The van der Waals surface area contributed by atoms with E-state index in [1.54, 1.807) is 0 Å². The number of amides is 1. The van der Waals surface area contributed by atoms with Gasteiger partial charge in [-0.2, -0.15) is 5.26 Å². The normalized spacial score (nSPS) is 10.6. The van der Waals surface area contributed by atoms with Crippen LogP contribution in [0, 0.1) is 22.6 Å². The van der Waals surface area contributed by atoms with Gasteiger partial charge in [-0.15, -0.1) is 0 Å². The average Bonchev–Trinajstić information content (AvgIpc) is 2.22. The van der Waals surface area contributed by atoms with Crippen LogP contribution in [0.3, 0.4) is 0 Å². The van der Waals surface area contributed by atoms with Crippen LogP contribution in [0.5, 0.6) is 5.75 Å². The molecule has 0 atom stereocenters. The number of rotatable bonds is 2. The summed E-state index contributed by atoms with van der Waals surface area (Å²) in [5, 5.41) is 20.0. The Hall–Kier alpha value is -2.09. The smallest absolute Gasteiger partial charge is 0.244 e. The van der Waals surface area contributed by atoms with Gasteiger partial charge in [0.15, 0.2) is 0 Å². The van der Waals surface area contributed by atoms with E-state index >= 15 is 0 Å². The molecule has 5 heteroatoms. The van der Waals surface area contributed by atoms with Crippen LogP contribution in [0.4, 0.5) is 10.1 Å². The molecule has 1 rings (SSSR count). The van der Waals surface area contributed by atoms with Crippen molar-refractivity contribution in [2.75, 3.05) is 5.32 Å². The number of halogens is 1. The molecular weight excluding hydrogens is 211 g/mol. The zero-order valence-corrected chi connectivity index (χ0v) is 8.91. The third-order valence-electron chi connectivity index (χ3n) is 2.05. The lowest BCUT2D eigenvalue weighted by Crippen LogP contribution is -2.29. The second kappa shape index (κ2) is 4.19. The fraction of sp³-hybridized carbons (Fsp3) is 0.273. The molecule has 4 nitrogen and oxygen atoms in total. The maximum atomic E-state index is 13.2. The summed E-state index contributed by atoms with van der Waals surface area (Å²) in [6, 6.07) is 5.17. The molecule has 2 N–H and O–H groups in total. The molecule has 0 bridgehead atoms. The second-order valence-electron chi connectivity index (χ2n) is 3.86. The van der Waals surface area contributed by atoms with Crippen LogP contribution >= 0.6 is 0 Å². The van der Waals surface area contributed by atoms with Crippen molar-refractivity contribution in [1.82, 2.24) is 0 Å². The minimum Gasteiger partial charge on any atom is -0.508 e. The number of nitrogens with one attached hydrogen (secondary N) is 1. The molecule has 1 aromatic carbocycles. The van der Waals surface area contributed by atoms with Crippen LogP contribution in [-0.2, 0) is 4.79 Å². The Morgan fingerprint density at radius 2 is 2.19 bits per heavy atom. The van der Waals surface area contributed by atoms with Gasteiger partial charge in [0, 0.05) is 6.07 Å². The quantitative estimate of drug-likeness (QED) is 0.752. The summed E-state index contributed by atoms with van der Waals surface area (Å²) in [7, 11) is 0. The van der Waals surface area contributed by atoms with Crippen LogP contribution in [0.25, 0.3) is 0 Å². The van der Waals surface area contributed by atoms with E-state index in [9.17, 15) is 9.18 Å². The number of aromatic hydroxyl groups is 1. The molecule has 0 fully saturated rings. The number of anilines is 1. The Morgan fingerprint density at radius 3 is 2.69 bits per heavy atom. The van der Waals surface area contributed by atoms with E-state index in [2.05, 4.69) is 5.32 Å². The van der Waals surface area contributed by atoms with Crippen LogP contribution in [0.15, 0.2) is 18.2 Å². The van der Waals surface area contributed by atoms with Gasteiger partial charge in [-0.05, 0) is 26.0 Å². The maximum absolute atomic E-state index is 13.2. The molecule has 0 aliphatic rings. The largest absolute Gasteiger partial charge is 0.508 e. The number of carbonyl (C=O) groups excluding carboxylic acids is 1. The molecule has 0 heterocycles. The van der Waals surface area contributed by atoms with Crippen molar-refractivity contribution < 1.29 is 14.3 Å². The van der Waals surface area contributed by atoms with Crippen LogP contribution in [0.1, 0.15) is 13.8 Å². The Morgan fingerprint density at radius 1 is 1.56 bits per heavy atom. The first-order valence-corrected chi connectivity index (χ1v) is 4.58. The zero-order valence-electron chi connectivity index (χ0n) is 8.91. The number of carbonyl (C=O) groups is 1. The minimum absolute atomic E-state index is 0.0638. The van der Waals surface area contributed by atoms with Gasteiger partial charge < -0.3 is 10.4 Å². The number of hydrogen-bond acceptors (Lipinski definition) is 3. The topological polar surface area (TPSA) is 73.1 Å². The van der Waals surface area contributed by atoms with Crippen LogP contribution < -0.4 is 5.32 Å². The first kappa shape index (κ1) is 12.0. The molecule has 0 aliphatic carbocycles. The fourth-order valence-electron chi connectivity index (χ4n) is 0.935. The highest BCUT2D eigenvalue weighted by atomic mass is 19.1. The highest BCUT2D eigenvalue weighted by Gasteiger charge is 2.27. The van der Waals surface area contributed by atoms with Gasteiger partial charge in [-0.1, -0.05) is 0 Å². The van der Waals surface area contributed by atoms with Gasteiger partial charge in [0.1, 0.15) is 17.0 Å². The summed E-state index contributed by atoms with van der Waals surface area (Å²) in [6.07, 6.45) is 0. The molecule has 16 heavy (non-hydrogen) atoms. The van der Waals surface area contributed by atoms with Crippen molar-refractivity contribution in [2.45, 2.75) is 13.8 Å². The van der Waals surface area contributed by atoms with E-state index in [4.69, 9.17) is 10.4 Å². The highest BCUT2D eigenvalue weighted by molar-refractivity contribution is 5.96. The lowest BCUT2D eigenvalue weighted by molar-refractivity contribution is -0.121. The first-order chi connectivity index (χ1) is 7.36. The standard InChI is InChI=1S/C11H11FN2O2/c1-11(2,6-13)10(16)14-9-4-3-7(15)5-8(9)12/h3-5,15H,1-2H3,(H,14,16). The second-order valence-corrected chi connectivity index (χ2v) is 3.86. The highest BCUT2D eigenvalue weighted by Crippen LogP contribution is 2.22. The van der Waals surface area contributed by atoms with Crippen molar-refractivity contribution in [3.63, 3.8) is 0 Å². The predicted octanol–water partition coefficient (Wildman–Crippen LogP) is 2.02. The molecule has 1 amide bonds. The number of nitrogens with zero attached hydrogens (tertiary/aromatic N) is 1. The van der Waals surface area contributed by atoms with E-state index in [1.807, 2.05) is 6.07 Å². The van der Waals surface area contributed by atoms with Gasteiger partial charge in [-0.25, -0.2) is 4.39 Å². The molecule has 0 aromatic heterocycles. The van der Waals surface area contributed by atoms with Crippen LogP contribution in [-0.4, -0.2) is 11.0 Å². The van der Waals surface area contributed by atoms with Gasteiger partial charge in [-0.3, -0.25) is 4.79 Å².